The Hall–Kier alpha value is -2.33. The van der Waals surface area contributed by atoms with Crippen molar-refractivity contribution in [2.24, 2.45) is 0 Å². The Morgan fingerprint density at radius 1 is 1.20 bits per heavy atom. The lowest BCUT2D eigenvalue weighted by molar-refractivity contribution is 0.0962. The summed E-state index contributed by atoms with van der Waals surface area (Å²) in [4.78, 5) is 4.80. The largest absolute Gasteiger partial charge is 0.485 e. The van der Waals surface area contributed by atoms with Gasteiger partial charge in [-0.1, -0.05) is 29.8 Å². The summed E-state index contributed by atoms with van der Waals surface area (Å²) in [5, 5.41) is 0. The van der Waals surface area contributed by atoms with E-state index in [0.29, 0.717) is 6.61 Å². The van der Waals surface area contributed by atoms with E-state index in [-0.39, 0.29) is 6.10 Å². The molecule has 4 nitrogen and oxygen atoms in total. The minimum atomic E-state index is 0.275. The van der Waals surface area contributed by atoms with Crippen molar-refractivity contribution >= 4 is 11.0 Å². The number of ether oxygens (including phenoxy) is 2. The van der Waals surface area contributed by atoms with E-state index in [4.69, 9.17) is 14.5 Å². The normalized spacial score (nSPS) is 17.3. The summed E-state index contributed by atoms with van der Waals surface area (Å²) in [6.45, 7) is 6.35. The van der Waals surface area contributed by atoms with Crippen LogP contribution in [0.3, 0.4) is 0 Å². The second-order valence-corrected chi connectivity index (χ2v) is 6.82. The zero-order chi connectivity index (χ0) is 17.2. The van der Waals surface area contributed by atoms with Crippen LogP contribution in [-0.4, -0.2) is 22.3 Å². The molecule has 0 saturated carbocycles. The summed E-state index contributed by atoms with van der Waals surface area (Å²) in [6, 6.07) is 14.5. The molecule has 4 rings (SSSR count). The number of imidazole rings is 1. The summed E-state index contributed by atoms with van der Waals surface area (Å²) in [5.41, 5.74) is 4.56. The van der Waals surface area contributed by atoms with Crippen LogP contribution in [-0.2, 0) is 17.9 Å². The van der Waals surface area contributed by atoms with Crippen molar-refractivity contribution in [3.63, 3.8) is 0 Å². The molecule has 0 amide bonds. The molecule has 25 heavy (non-hydrogen) atoms. The molecule has 0 spiro atoms. The Kier molecular flexibility index (Phi) is 4.45. The van der Waals surface area contributed by atoms with Crippen molar-refractivity contribution in [1.29, 1.82) is 0 Å². The average Bonchev–Trinajstić information content (AvgIpc) is 3.23. The summed E-state index contributed by atoms with van der Waals surface area (Å²) in [5.74, 6) is 1.87. The van der Waals surface area contributed by atoms with Crippen molar-refractivity contribution in [2.75, 3.05) is 6.61 Å². The van der Waals surface area contributed by atoms with Gasteiger partial charge in [0, 0.05) is 6.61 Å². The predicted octanol–water partition coefficient (Wildman–Crippen LogP) is 4.41. The smallest absolute Gasteiger partial charge is 0.148 e. The number of hydrogen-bond acceptors (Lipinski definition) is 3. The van der Waals surface area contributed by atoms with E-state index in [2.05, 4.69) is 48.7 Å². The first-order chi connectivity index (χ1) is 12.2. The van der Waals surface area contributed by atoms with Crippen LogP contribution in [0, 0.1) is 13.8 Å². The third-order valence-electron chi connectivity index (χ3n) is 4.83. The Balaban J connectivity index is 1.61. The van der Waals surface area contributed by atoms with Gasteiger partial charge >= 0.3 is 0 Å². The Morgan fingerprint density at radius 3 is 2.88 bits per heavy atom. The lowest BCUT2D eigenvalue weighted by Gasteiger charge is -2.15. The standard InChI is InChI=1S/C21H24N2O2/c1-15-9-10-20(16(2)12-15)25-14-21-22-18-7-3-4-8-19(18)23(21)13-17-6-5-11-24-17/h3-4,7-10,12,17H,5-6,11,13-14H2,1-2H3. The van der Waals surface area contributed by atoms with Gasteiger partial charge in [-0.05, 0) is 50.5 Å². The van der Waals surface area contributed by atoms with Crippen LogP contribution in [0.25, 0.3) is 11.0 Å². The molecule has 0 radical (unpaired) electrons. The highest BCUT2D eigenvalue weighted by Gasteiger charge is 2.20. The first-order valence-corrected chi connectivity index (χ1v) is 8.96. The Bertz CT molecular complexity index is 879. The van der Waals surface area contributed by atoms with Crippen LogP contribution in [0.15, 0.2) is 42.5 Å². The molecule has 0 bridgehead atoms. The van der Waals surface area contributed by atoms with Crippen molar-refractivity contribution in [3.8, 4) is 5.75 Å². The molecule has 1 aromatic heterocycles. The molecule has 3 aromatic rings. The number of benzene rings is 2. The number of hydrogen-bond donors (Lipinski definition) is 0. The monoisotopic (exact) mass is 336 g/mol. The minimum absolute atomic E-state index is 0.275. The van der Waals surface area contributed by atoms with Gasteiger partial charge in [0.1, 0.15) is 18.2 Å². The van der Waals surface area contributed by atoms with Gasteiger partial charge < -0.3 is 14.0 Å². The topological polar surface area (TPSA) is 36.3 Å². The molecule has 2 aromatic carbocycles. The van der Waals surface area contributed by atoms with Crippen LogP contribution in [0.1, 0.15) is 29.8 Å². The van der Waals surface area contributed by atoms with E-state index in [1.807, 2.05) is 12.1 Å². The van der Waals surface area contributed by atoms with E-state index in [1.54, 1.807) is 0 Å². The molecule has 2 heterocycles. The van der Waals surface area contributed by atoms with Crippen LogP contribution >= 0.6 is 0 Å². The van der Waals surface area contributed by atoms with Crippen molar-refractivity contribution in [2.45, 2.75) is 45.9 Å². The quantitative estimate of drug-likeness (QED) is 0.692. The van der Waals surface area contributed by atoms with Crippen LogP contribution in [0.4, 0.5) is 0 Å². The summed E-state index contributed by atoms with van der Waals surface area (Å²) >= 11 is 0. The molecule has 0 N–H and O–H groups in total. The van der Waals surface area contributed by atoms with E-state index in [9.17, 15) is 0 Å². The average molecular weight is 336 g/mol. The second-order valence-electron chi connectivity index (χ2n) is 6.82. The Morgan fingerprint density at radius 2 is 2.08 bits per heavy atom. The maximum Gasteiger partial charge on any atom is 0.148 e. The third-order valence-corrected chi connectivity index (χ3v) is 4.83. The Labute approximate surface area is 148 Å². The molecule has 1 aliphatic rings. The fourth-order valence-electron chi connectivity index (χ4n) is 3.53. The molecule has 4 heteroatoms. The fourth-order valence-corrected chi connectivity index (χ4v) is 3.53. The maximum absolute atomic E-state index is 6.09. The van der Waals surface area contributed by atoms with Crippen LogP contribution < -0.4 is 4.74 Å². The molecule has 1 saturated heterocycles. The van der Waals surface area contributed by atoms with Gasteiger partial charge in [-0.2, -0.15) is 0 Å². The van der Waals surface area contributed by atoms with Gasteiger partial charge in [0.2, 0.25) is 0 Å². The number of fused-ring (bicyclic) bond motifs is 1. The fraction of sp³-hybridized carbons (Fsp3) is 0.381. The van der Waals surface area contributed by atoms with Crippen molar-refractivity contribution in [3.05, 3.63) is 59.4 Å². The van der Waals surface area contributed by atoms with E-state index in [0.717, 1.165) is 54.2 Å². The van der Waals surface area contributed by atoms with Gasteiger partial charge in [0.15, 0.2) is 0 Å². The summed E-state index contributed by atoms with van der Waals surface area (Å²) in [7, 11) is 0. The van der Waals surface area contributed by atoms with E-state index >= 15 is 0 Å². The van der Waals surface area contributed by atoms with Crippen LogP contribution in [0.2, 0.25) is 0 Å². The highest BCUT2D eigenvalue weighted by molar-refractivity contribution is 5.75. The number of para-hydroxylation sites is 2. The SMILES string of the molecule is Cc1ccc(OCc2nc3ccccc3n2CC2CCCO2)c(C)c1. The lowest BCUT2D eigenvalue weighted by Crippen LogP contribution is -2.18. The maximum atomic E-state index is 6.09. The number of nitrogens with zero attached hydrogens (tertiary/aromatic N) is 2. The molecule has 1 atom stereocenters. The van der Waals surface area contributed by atoms with Gasteiger partial charge in [0.25, 0.3) is 0 Å². The van der Waals surface area contributed by atoms with E-state index in [1.165, 1.54) is 5.56 Å². The lowest BCUT2D eigenvalue weighted by atomic mass is 10.1. The highest BCUT2D eigenvalue weighted by Crippen LogP contribution is 2.23. The zero-order valence-electron chi connectivity index (χ0n) is 14.9. The molecule has 130 valence electrons. The molecule has 1 fully saturated rings. The minimum Gasteiger partial charge on any atom is -0.485 e. The van der Waals surface area contributed by atoms with Crippen LogP contribution in [0.5, 0.6) is 5.75 Å². The molecule has 1 aliphatic heterocycles. The van der Waals surface area contributed by atoms with Gasteiger partial charge in [-0.15, -0.1) is 0 Å². The third kappa shape index (κ3) is 3.40. The van der Waals surface area contributed by atoms with Gasteiger partial charge in [-0.3, -0.25) is 0 Å². The summed E-state index contributed by atoms with van der Waals surface area (Å²) in [6.07, 6.45) is 2.53. The number of rotatable bonds is 5. The first kappa shape index (κ1) is 16.2. The van der Waals surface area contributed by atoms with Crippen molar-refractivity contribution < 1.29 is 9.47 Å². The first-order valence-electron chi connectivity index (χ1n) is 8.96. The molecule has 0 aliphatic carbocycles. The molecule has 1 unspecified atom stereocenters. The zero-order valence-corrected chi connectivity index (χ0v) is 14.9. The predicted molar refractivity (Wildman–Crippen MR) is 99.0 cm³/mol. The molecular weight excluding hydrogens is 312 g/mol. The van der Waals surface area contributed by atoms with Gasteiger partial charge in [-0.25, -0.2) is 4.98 Å². The van der Waals surface area contributed by atoms with Crippen molar-refractivity contribution in [1.82, 2.24) is 9.55 Å². The summed E-state index contributed by atoms with van der Waals surface area (Å²) < 4.78 is 14.2. The second kappa shape index (κ2) is 6.89. The number of aryl methyl sites for hydroxylation is 2. The van der Waals surface area contributed by atoms with E-state index < -0.39 is 0 Å². The highest BCUT2D eigenvalue weighted by atomic mass is 16.5. The number of aromatic nitrogens is 2. The molecular formula is C21H24N2O2. The van der Waals surface area contributed by atoms with Gasteiger partial charge in [0.05, 0.1) is 23.7 Å².